The van der Waals surface area contributed by atoms with Gasteiger partial charge < -0.3 is 10.6 Å². The van der Waals surface area contributed by atoms with Gasteiger partial charge in [0.25, 0.3) is 5.69 Å². The van der Waals surface area contributed by atoms with Gasteiger partial charge in [0.05, 0.1) is 4.92 Å². The maximum absolute atomic E-state index is 10.8. The Morgan fingerprint density at radius 2 is 2.25 bits per heavy atom. The van der Waals surface area contributed by atoms with Gasteiger partial charge in [-0.2, -0.15) is 0 Å². The van der Waals surface area contributed by atoms with Crippen LogP contribution >= 0.6 is 11.6 Å². The van der Waals surface area contributed by atoms with Gasteiger partial charge in [-0.3, -0.25) is 10.1 Å². The van der Waals surface area contributed by atoms with E-state index in [1.165, 1.54) is 12.1 Å². The predicted octanol–water partition coefficient (Wildman–Crippen LogP) is 2.27. The second kappa shape index (κ2) is 5.67. The van der Waals surface area contributed by atoms with Crippen LogP contribution in [0, 0.1) is 10.1 Å². The first kappa shape index (κ1) is 12.7. The fraction of sp³-hybridized carbons (Fsp3) is 0.400. The average molecular weight is 244 g/mol. The van der Waals surface area contributed by atoms with E-state index in [-0.39, 0.29) is 11.7 Å². The van der Waals surface area contributed by atoms with Crippen molar-refractivity contribution >= 4 is 23.0 Å². The van der Waals surface area contributed by atoms with Crippen molar-refractivity contribution in [2.75, 3.05) is 18.9 Å². The van der Waals surface area contributed by atoms with Crippen LogP contribution in [0.25, 0.3) is 0 Å². The van der Waals surface area contributed by atoms with Crippen molar-refractivity contribution in [3.63, 3.8) is 0 Å². The highest BCUT2D eigenvalue weighted by molar-refractivity contribution is 6.31. The molecule has 6 heteroatoms. The molecule has 0 aliphatic heterocycles. The molecule has 0 aromatic heterocycles. The second-order valence-electron chi connectivity index (χ2n) is 3.49. The van der Waals surface area contributed by atoms with E-state index in [1.54, 1.807) is 6.07 Å². The quantitative estimate of drug-likeness (QED) is 0.615. The lowest BCUT2D eigenvalue weighted by Gasteiger charge is -2.12. The fourth-order valence-electron chi connectivity index (χ4n) is 1.17. The van der Waals surface area contributed by atoms with Crippen molar-refractivity contribution in [1.29, 1.82) is 0 Å². The molecule has 2 N–H and O–H groups in total. The van der Waals surface area contributed by atoms with Gasteiger partial charge >= 0.3 is 0 Å². The van der Waals surface area contributed by atoms with Gasteiger partial charge in [-0.05, 0) is 26.1 Å². The highest BCUT2D eigenvalue weighted by atomic mass is 35.5. The molecule has 5 nitrogen and oxygen atoms in total. The monoisotopic (exact) mass is 243 g/mol. The van der Waals surface area contributed by atoms with E-state index >= 15 is 0 Å². The molecule has 1 unspecified atom stereocenters. The van der Waals surface area contributed by atoms with E-state index in [2.05, 4.69) is 10.6 Å². The smallest absolute Gasteiger partial charge is 0.292 e. The van der Waals surface area contributed by atoms with Gasteiger partial charge in [0.1, 0.15) is 5.69 Å². The van der Waals surface area contributed by atoms with Crippen LogP contribution in [-0.4, -0.2) is 24.6 Å². The van der Waals surface area contributed by atoms with E-state index in [1.807, 2.05) is 14.0 Å². The summed E-state index contributed by atoms with van der Waals surface area (Å²) in [6.45, 7) is 2.57. The normalized spacial score (nSPS) is 12.2. The van der Waals surface area contributed by atoms with Gasteiger partial charge in [-0.25, -0.2) is 0 Å². The highest BCUT2D eigenvalue weighted by Gasteiger charge is 2.13. The fourth-order valence-corrected chi connectivity index (χ4v) is 1.35. The molecule has 1 rings (SSSR count). The first-order chi connectivity index (χ1) is 7.54. The van der Waals surface area contributed by atoms with E-state index in [9.17, 15) is 10.1 Å². The number of hydrogen-bond donors (Lipinski definition) is 2. The number of hydrogen-bond acceptors (Lipinski definition) is 4. The molecule has 1 aromatic carbocycles. The molecule has 0 fully saturated rings. The molecular weight excluding hydrogens is 230 g/mol. The lowest BCUT2D eigenvalue weighted by Crippen LogP contribution is -2.29. The number of nitro groups is 1. The first-order valence-corrected chi connectivity index (χ1v) is 5.27. The van der Waals surface area contributed by atoms with E-state index in [4.69, 9.17) is 11.6 Å². The summed E-state index contributed by atoms with van der Waals surface area (Å²) in [5, 5.41) is 17.3. The zero-order chi connectivity index (χ0) is 12.1. The molecule has 0 spiro atoms. The topological polar surface area (TPSA) is 67.2 Å². The first-order valence-electron chi connectivity index (χ1n) is 4.89. The molecule has 0 bridgehead atoms. The summed E-state index contributed by atoms with van der Waals surface area (Å²) in [4.78, 5) is 10.3. The number of benzene rings is 1. The largest absolute Gasteiger partial charge is 0.378 e. The molecule has 0 aliphatic carbocycles. The minimum absolute atomic E-state index is 0.0349. The lowest BCUT2D eigenvalue weighted by molar-refractivity contribution is -0.384. The molecule has 0 saturated heterocycles. The van der Waals surface area contributed by atoms with Gasteiger partial charge in [-0.15, -0.1) is 0 Å². The van der Waals surface area contributed by atoms with Crippen molar-refractivity contribution < 1.29 is 4.92 Å². The van der Waals surface area contributed by atoms with Gasteiger partial charge in [-0.1, -0.05) is 11.6 Å². The van der Waals surface area contributed by atoms with Crippen molar-refractivity contribution in [2.45, 2.75) is 13.0 Å². The predicted molar refractivity (Wildman–Crippen MR) is 65.1 cm³/mol. The molecule has 16 heavy (non-hydrogen) atoms. The Balaban J connectivity index is 2.84. The van der Waals surface area contributed by atoms with E-state index < -0.39 is 4.92 Å². The average Bonchev–Trinajstić information content (AvgIpc) is 2.25. The van der Waals surface area contributed by atoms with Crippen LogP contribution in [0.3, 0.4) is 0 Å². The highest BCUT2D eigenvalue weighted by Crippen LogP contribution is 2.27. The summed E-state index contributed by atoms with van der Waals surface area (Å²) < 4.78 is 0. The minimum atomic E-state index is -0.428. The molecular formula is C10H14ClN3O2. The third-order valence-electron chi connectivity index (χ3n) is 2.25. The minimum Gasteiger partial charge on any atom is -0.378 e. The summed E-state index contributed by atoms with van der Waals surface area (Å²) in [6, 6.07) is 4.68. The number of halogens is 1. The summed E-state index contributed by atoms with van der Waals surface area (Å²) >= 11 is 5.79. The molecule has 1 aromatic rings. The van der Waals surface area contributed by atoms with Crippen LogP contribution in [0.5, 0.6) is 0 Å². The van der Waals surface area contributed by atoms with Crippen molar-refractivity contribution in [3.8, 4) is 0 Å². The number of likely N-dealkylation sites (N-methyl/N-ethyl adjacent to an activating group) is 1. The Hall–Kier alpha value is -1.33. The van der Waals surface area contributed by atoms with Crippen LogP contribution in [0.15, 0.2) is 18.2 Å². The van der Waals surface area contributed by atoms with Gasteiger partial charge in [0, 0.05) is 23.7 Å². The number of nitrogens with zero attached hydrogens (tertiary/aromatic N) is 1. The number of nitro benzene ring substituents is 1. The van der Waals surface area contributed by atoms with Crippen molar-refractivity contribution in [1.82, 2.24) is 5.32 Å². The second-order valence-corrected chi connectivity index (χ2v) is 3.93. The third-order valence-corrected chi connectivity index (χ3v) is 2.48. The van der Waals surface area contributed by atoms with Crippen LogP contribution in [0.1, 0.15) is 6.92 Å². The Morgan fingerprint density at radius 1 is 1.56 bits per heavy atom. The molecule has 0 amide bonds. The summed E-state index contributed by atoms with van der Waals surface area (Å²) in [7, 11) is 1.83. The van der Waals surface area contributed by atoms with Crippen LogP contribution in [0.2, 0.25) is 5.02 Å². The summed E-state index contributed by atoms with van der Waals surface area (Å²) in [5.74, 6) is 0. The molecule has 0 aliphatic rings. The lowest BCUT2D eigenvalue weighted by atomic mass is 10.2. The summed E-state index contributed by atoms with van der Waals surface area (Å²) in [5.41, 5.74) is 0.479. The number of anilines is 1. The zero-order valence-electron chi connectivity index (χ0n) is 9.16. The third kappa shape index (κ3) is 3.36. The molecule has 0 saturated carbocycles. The molecule has 0 radical (unpaired) electrons. The van der Waals surface area contributed by atoms with E-state index in [0.29, 0.717) is 17.3 Å². The van der Waals surface area contributed by atoms with Crippen molar-refractivity contribution in [2.24, 2.45) is 0 Å². The summed E-state index contributed by atoms with van der Waals surface area (Å²) in [6.07, 6.45) is 0. The zero-order valence-corrected chi connectivity index (χ0v) is 9.91. The Labute approximate surface area is 98.9 Å². The Bertz CT molecular complexity index is 384. The SMILES string of the molecule is CNC(C)CNc1cc(Cl)ccc1[N+](=O)[O-]. The maximum atomic E-state index is 10.8. The van der Waals surface area contributed by atoms with Gasteiger partial charge in [0.2, 0.25) is 0 Å². The maximum Gasteiger partial charge on any atom is 0.292 e. The molecule has 88 valence electrons. The molecule has 1 atom stereocenters. The van der Waals surface area contributed by atoms with Crippen LogP contribution in [-0.2, 0) is 0 Å². The Kier molecular flexibility index (Phi) is 4.52. The standard InChI is InChI=1S/C10H14ClN3O2/c1-7(12-2)6-13-9-5-8(11)3-4-10(9)14(15)16/h3-5,7,12-13H,6H2,1-2H3. The van der Waals surface area contributed by atoms with Crippen molar-refractivity contribution in [3.05, 3.63) is 33.3 Å². The van der Waals surface area contributed by atoms with Crippen LogP contribution in [0.4, 0.5) is 11.4 Å². The van der Waals surface area contributed by atoms with E-state index in [0.717, 1.165) is 0 Å². The molecule has 0 heterocycles. The van der Waals surface area contributed by atoms with Gasteiger partial charge in [0.15, 0.2) is 0 Å². The Morgan fingerprint density at radius 3 is 2.81 bits per heavy atom. The number of nitrogens with one attached hydrogen (secondary N) is 2. The number of rotatable bonds is 5. The van der Waals surface area contributed by atoms with Crippen LogP contribution < -0.4 is 10.6 Å².